The van der Waals surface area contributed by atoms with E-state index in [1.807, 2.05) is 6.07 Å². The van der Waals surface area contributed by atoms with Crippen molar-refractivity contribution in [2.45, 2.75) is 157 Å². The van der Waals surface area contributed by atoms with Crippen LogP contribution in [0.4, 0.5) is 0 Å². The van der Waals surface area contributed by atoms with Gasteiger partial charge < -0.3 is 19.3 Å². The Labute approximate surface area is 299 Å². The Morgan fingerprint density at radius 2 is 1.53 bits per heavy atom. The van der Waals surface area contributed by atoms with Crippen molar-refractivity contribution in [3.8, 4) is 23.0 Å². The molecule has 0 bridgehead atoms. The van der Waals surface area contributed by atoms with Crippen molar-refractivity contribution in [1.29, 1.82) is 0 Å². The smallest absolute Gasteiger partial charge is 0.127 e. The van der Waals surface area contributed by atoms with E-state index in [-0.39, 0.29) is 5.60 Å². The molecular formula is C45H66O4. The van der Waals surface area contributed by atoms with Gasteiger partial charge in [0.15, 0.2) is 0 Å². The van der Waals surface area contributed by atoms with Crippen molar-refractivity contribution in [2.75, 3.05) is 13.2 Å². The van der Waals surface area contributed by atoms with Crippen LogP contribution in [0, 0.1) is 5.92 Å². The normalized spacial score (nSPS) is 18.2. The van der Waals surface area contributed by atoms with Gasteiger partial charge in [0.25, 0.3) is 0 Å². The van der Waals surface area contributed by atoms with Gasteiger partial charge >= 0.3 is 0 Å². The molecule has 270 valence electrons. The number of aryl methyl sites for hydroxylation is 2. The van der Waals surface area contributed by atoms with Gasteiger partial charge in [-0.25, -0.2) is 0 Å². The summed E-state index contributed by atoms with van der Waals surface area (Å²) in [5.74, 6) is 3.86. The molecule has 1 aliphatic carbocycles. The molecule has 0 radical (unpaired) electrons. The van der Waals surface area contributed by atoms with E-state index in [2.05, 4.69) is 91.8 Å². The molecular weight excluding hydrogens is 604 g/mol. The number of benzene rings is 2. The lowest BCUT2D eigenvalue weighted by atomic mass is 9.68. The first-order chi connectivity index (χ1) is 23.5. The number of hydrogen-bond donors (Lipinski definition) is 1. The molecule has 0 spiro atoms. The van der Waals surface area contributed by atoms with Gasteiger partial charge in [0.2, 0.25) is 0 Å². The number of hydrogen-bond acceptors (Lipinski definition) is 4. The minimum absolute atomic E-state index is 0.213. The summed E-state index contributed by atoms with van der Waals surface area (Å²) in [4.78, 5) is 0. The average molecular weight is 671 g/mol. The lowest BCUT2D eigenvalue weighted by Gasteiger charge is -2.46. The maximum Gasteiger partial charge on any atom is 0.127 e. The largest absolute Gasteiger partial charge is 0.508 e. The van der Waals surface area contributed by atoms with Crippen molar-refractivity contribution in [3.05, 3.63) is 81.5 Å². The molecule has 2 aromatic rings. The molecule has 2 aliphatic rings. The highest BCUT2D eigenvalue weighted by atomic mass is 16.5. The summed E-state index contributed by atoms with van der Waals surface area (Å²) in [5.41, 5.74) is 8.48. The third kappa shape index (κ3) is 11.2. The summed E-state index contributed by atoms with van der Waals surface area (Å²) >= 11 is 0. The number of phenolic OH excluding ortho intramolecular Hbond substituents is 1. The topological polar surface area (TPSA) is 47.9 Å². The van der Waals surface area contributed by atoms with Crippen molar-refractivity contribution in [1.82, 2.24) is 0 Å². The third-order valence-corrected chi connectivity index (χ3v) is 10.4. The minimum atomic E-state index is -0.213. The summed E-state index contributed by atoms with van der Waals surface area (Å²) < 4.78 is 19.9. The van der Waals surface area contributed by atoms with Gasteiger partial charge in [-0.05, 0) is 135 Å². The minimum Gasteiger partial charge on any atom is -0.508 e. The number of unbranched alkanes of at least 4 members (excludes halogenated alkanes) is 4. The van der Waals surface area contributed by atoms with E-state index < -0.39 is 0 Å². The standard InChI is InChI=1S/C45H66O4/c1-9-11-13-19-35-28-40(46)37(23-21-33(5)18-15-17-32(3)4)41(29-35)47-25-16-26-48-42-30-36(20-14-12-10-2)31-43-44(42)38-27-34(6)22-24-39(38)45(7,8)49-43/h17,21,27-31,38-39,46H,9-16,18-20,22-26H2,1-8H3/b33-21+/t38-,39-/m1/s1. The molecule has 4 rings (SSSR count). The second-order valence-corrected chi connectivity index (χ2v) is 15.5. The van der Waals surface area contributed by atoms with Crippen molar-refractivity contribution >= 4 is 0 Å². The van der Waals surface area contributed by atoms with Crippen molar-refractivity contribution < 1.29 is 19.3 Å². The molecule has 1 aliphatic heterocycles. The average Bonchev–Trinajstić information content (AvgIpc) is 3.03. The third-order valence-electron chi connectivity index (χ3n) is 10.4. The zero-order valence-electron chi connectivity index (χ0n) is 32.2. The molecule has 0 amide bonds. The predicted molar refractivity (Wildman–Crippen MR) is 207 cm³/mol. The van der Waals surface area contributed by atoms with Crippen molar-refractivity contribution in [3.63, 3.8) is 0 Å². The van der Waals surface area contributed by atoms with E-state index in [1.54, 1.807) is 0 Å². The second kappa shape index (κ2) is 18.7. The Bertz CT molecular complexity index is 1450. The summed E-state index contributed by atoms with van der Waals surface area (Å²) in [6.45, 7) is 18.8. The zero-order valence-corrected chi connectivity index (χ0v) is 32.2. The van der Waals surface area contributed by atoms with Gasteiger partial charge in [-0.15, -0.1) is 0 Å². The number of allylic oxidation sites excluding steroid dienone is 6. The van der Waals surface area contributed by atoms with Gasteiger partial charge in [0.1, 0.15) is 28.6 Å². The monoisotopic (exact) mass is 670 g/mol. The Hall–Kier alpha value is -3.14. The molecule has 4 heteroatoms. The van der Waals surface area contributed by atoms with E-state index in [1.165, 1.54) is 60.0 Å². The summed E-state index contributed by atoms with van der Waals surface area (Å²) in [7, 11) is 0. The molecule has 0 saturated carbocycles. The molecule has 0 aromatic heterocycles. The summed E-state index contributed by atoms with van der Waals surface area (Å²) in [5, 5.41) is 11.1. The maximum atomic E-state index is 11.1. The number of phenols is 1. The van der Waals surface area contributed by atoms with Crippen LogP contribution in [0.2, 0.25) is 0 Å². The van der Waals surface area contributed by atoms with Crippen LogP contribution in [0.5, 0.6) is 23.0 Å². The van der Waals surface area contributed by atoms with Gasteiger partial charge in [0, 0.05) is 29.4 Å². The van der Waals surface area contributed by atoms with Crippen LogP contribution in [0.15, 0.2) is 59.2 Å². The first kappa shape index (κ1) is 38.7. The summed E-state index contributed by atoms with van der Waals surface area (Å²) in [6, 6.07) is 8.68. The Kier molecular flexibility index (Phi) is 14.8. The number of rotatable bonds is 19. The van der Waals surface area contributed by atoms with E-state index in [4.69, 9.17) is 14.2 Å². The molecule has 1 heterocycles. The fourth-order valence-electron chi connectivity index (χ4n) is 7.54. The number of ether oxygens (including phenoxy) is 3. The lowest BCUT2D eigenvalue weighted by Crippen LogP contribution is -2.45. The van der Waals surface area contributed by atoms with E-state index >= 15 is 0 Å². The summed E-state index contributed by atoms with van der Waals surface area (Å²) in [6.07, 6.45) is 21.8. The number of aromatic hydroxyl groups is 1. The van der Waals surface area contributed by atoms with Crippen LogP contribution in [0.25, 0.3) is 0 Å². The number of fused-ring (bicyclic) bond motifs is 3. The van der Waals surface area contributed by atoms with Crippen LogP contribution < -0.4 is 14.2 Å². The van der Waals surface area contributed by atoms with Crippen LogP contribution in [0.3, 0.4) is 0 Å². The fraction of sp³-hybridized carbons (Fsp3) is 0.600. The van der Waals surface area contributed by atoms with E-state index in [0.29, 0.717) is 37.2 Å². The highest BCUT2D eigenvalue weighted by Crippen LogP contribution is 2.53. The highest BCUT2D eigenvalue weighted by Gasteiger charge is 2.45. The van der Waals surface area contributed by atoms with Gasteiger partial charge in [0.05, 0.1) is 13.2 Å². The molecule has 49 heavy (non-hydrogen) atoms. The van der Waals surface area contributed by atoms with Crippen LogP contribution >= 0.6 is 0 Å². The first-order valence-corrected chi connectivity index (χ1v) is 19.4. The molecule has 1 N–H and O–H groups in total. The molecule has 2 atom stereocenters. The lowest BCUT2D eigenvalue weighted by molar-refractivity contribution is 0.0104. The molecule has 4 nitrogen and oxygen atoms in total. The van der Waals surface area contributed by atoms with E-state index in [0.717, 1.165) is 79.7 Å². The Balaban J connectivity index is 1.49. The first-order valence-electron chi connectivity index (χ1n) is 19.4. The SMILES string of the molecule is CCCCCc1cc(O)c(C/C=C(\C)CCC=C(C)C)c(OCCCOc2cc(CCCCC)cc3c2[C@@H]2C=C(C)CC[C@H]2C(C)(C)O3)c1. The molecule has 0 saturated heterocycles. The van der Waals surface area contributed by atoms with Gasteiger partial charge in [-0.2, -0.15) is 0 Å². The van der Waals surface area contributed by atoms with Crippen molar-refractivity contribution in [2.24, 2.45) is 5.92 Å². The van der Waals surface area contributed by atoms with Crippen LogP contribution in [-0.2, 0) is 19.3 Å². The van der Waals surface area contributed by atoms with Crippen LogP contribution in [0.1, 0.15) is 154 Å². The zero-order chi connectivity index (χ0) is 35.4. The fourth-order valence-corrected chi connectivity index (χ4v) is 7.54. The molecule has 2 aromatic carbocycles. The predicted octanol–water partition coefficient (Wildman–Crippen LogP) is 12.6. The Morgan fingerprint density at radius 1 is 0.878 bits per heavy atom. The second-order valence-electron chi connectivity index (χ2n) is 15.5. The van der Waals surface area contributed by atoms with Gasteiger partial charge in [-0.3, -0.25) is 0 Å². The Morgan fingerprint density at radius 3 is 2.20 bits per heavy atom. The molecule has 0 fully saturated rings. The quantitative estimate of drug-likeness (QED) is 0.119. The highest BCUT2D eigenvalue weighted by molar-refractivity contribution is 5.55. The van der Waals surface area contributed by atoms with E-state index in [9.17, 15) is 5.11 Å². The molecule has 0 unspecified atom stereocenters. The maximum absolute atomic E-state index is 11.1. The van der Waals surface area contributed by atoms with Crippen LogP contribution in [-0.4, -0.2) is 23.9 Å². The van der Waals surface area contributed by atoms with Gasteiger partial charge in [-0.1, -0.05) is 74.5 Å².